The highest BCUT2D eigenvalue weighted by molar-refractivity contribution is 5.79. The number of amides is 1. The van der Waals surface area contributed by atoms with Crippen molar-refractivity contribution in [3.63, 3.8) is 0 Å². The molecule has 0 aliphatic carbocycles. The third-order valence-corrected chi connectivity index (χ3v) is 4.29. The molecule has 1 saturated heterocycles. The number of pyridine rings is 1. The summed E-state index contributed by atoms with van der Waals surface area (Å²) in [6.07, 6.45) is 1.16. The van der Waals surface area contributed by atoms with Crippen molar-refractivity contribution in [3.8, 4) is 5.75 Å². The summed E-state index contributed by atoms with van der Waals surface area (Å²) in [5.74, 6) is -1.55. The minimum atomic E-state index is -0.969. The summed E-state index contributed by atoms with van der Waals surface area (Å²) in [6.45, 7) is 0.151. The number of likely N-dealkylation sites (tertiary alicyclic amines) is 1. The number of aliphatic hydroxyl groups is 1. The maximum absolute atomic E-state index is 13.5. The number of aromatic nitrogens is 1. The zero-order valence-electron chi connectivity index (χ0n) is 13.7. The first-order valence-corrected chi connectivity index (χ1v) is 7.89. The van der Waals surface area contributed by atoms with Crippen molar-refractivity contribution in [2.24, 2.45) is 0 Å². The molecule has 0 unspecified atom stereocenters. The summed E-state index contributed by atoms with van der Waals surface area (Å²) >= 11 is 0. The van der Waals surface area contributed by atoms with E-state index in [4.69, 9.17) is 4.74 Å². The van der Waals surface area contributed by atoms with Crippen molar-refractivity contribution in [3.05, 3.63) is 59.4 Å². The molecule has 0 bridgehead atoms. The molecule has 2 heterocycles. The fourth-order valence-electron chi connectivity index (χ4n) is 3.02. The zero-order chi connectivity index (χ0) is 18.0. The lowest BCUT2D eigenvalue weighted by Crippen LogP contribution is -2.33. The van der Waals surface area contributed by atoms with E-state index in [0.717, 1.165) is 12.1 Å². The minimum Gasteiger partial charge on any atom is -0.495 e. The molecule has 1 amide bonds. The summed E-state index contributed by atoms with van der Waals surface area (Å²) in [6, 6.07) is 6.45. The van der Waals surface area contributed by atoms with Gasteiger partial charge in [0, 0.05) is 12.2 Å². The van der Waals surface area contributed by atoms with Gasteiger partial charge in [-0.15, -0.1) is 0 Å². The normalized spacial score (nSPS) is 19.9. The van der Waals surface area contributed by atoms with Crippen LogP contribution in [-0.2, 0) is 11.2 Å². The molecule has 0 spiro atoms. The van der Waals surface area contributed by atoms with Gasteiger partial charge in [-0.25, -0.2) is 8.78 Å². The van der Waals surface area contributed by atoms with Gasteiger partial charge in [0.1, 0.15) is 5.75 Å². The summed E-state index contributed by atoms with van der Waals surface area (Å²) < 4.78 is 31.7. The third kappa shape index (κ3) is 3.76. The van der Waals surface area contributed by atoms with Crippen LogP contribution in [0.4, 0.5) is 8.78 Å². The van der Waals surface area contributed by atoms with Gasteiger partial charge < -0.3 is 14.7 Å². The fraction of sp³-hybridized carbons (Fsp3) is 0.333. The smallest absolute Gasteiger partial charge is 0.229 e. The monoisotopic (exact) mass is 348 g/mol. The number of halogens is 2. The van der Waals surface area contributed by atoms with Crippen molar-refractivity contribution in [1.82, 2.24) is 9.88 Å². The van der Waals surface area contributed by atoms with Gasteiger partial charge in [-0.1, -0.05) is 6.07 Å². The van der Waals surface area contributed by atoms with Gasteiger partial charge in [-0.05, 0) is 36.2 Å². The van der Waals surface area contributed by atoms with E-state index in [0.29, 0.717) is 17.0 Å². The molecule has 1 aliphatic heterocycles. The number of carbonyl (C=O) groups excluding carboxylic acids is 1. The van der Waals surface area contributed by atoms with E-state index in [1.165, 1.54) is 24.3 Å². The standard InChI is InChI=1S/C18H18F2N2O3/c1-25-14-4-3-12(21-9-14)7-18(24)22-10-13(23)8-17(22)11-2-5-15(19)16(20)6-11/h2-6,9,13,17,23H,7-8,10H2,1H3/t13-,17+/m1/s1. The first-order valence-electron chi connectivity index (χ1n) is 7.89. The van der Waals surface area contributed by atoms with Gasteiger partial charge in [0.2, 0.25) is 5.91 Å². The molecule has 1 aromatic heterocycles. The largest absolute Gasteiger partial charge is 0.495 e. The van der Waals surface area contributed by atoms with E-state index in [1.54, 1.807) is 12.1 Å². The van der Waals surface area contributed by atoms with Gasteiger partial charge in [-0.3, -0.25) is 9.78 Å². The maximum Gasteiger partial charge on any atom is 0.229 e. The molecule has 0 radical (unpaired) electrons. The van der Waals surface area contributed by atoms with Gasteiger partial charge in [0.05, 0.1) is 31.9 Å². The van der Waals surface area contributed by atoms with E-state index in [-0.39, 0.29) is 25.3 Å². The highest BCUT2D eigenvalue weighted by Crippen LogP contribution is 2.33. The van der Waals surface area contributed by atoms with Crippen LogP contribution in [-0.4, -0.2) is 40.7 Å². The second-order valence-corrected chi connectivity index (χ2v) is 5.99. The molecule has 1 aliphatic rings. The Labute approximate surface area is 143 Å². The number of β-amino-alcohol motifs (C(OH)–C–C–N with tert-alkyl or cyclic N) is 1. The van der Waals surface area contributed by atoms with Crippen LogP contribution < -0.4 is 4.74 Å². The molecule has 0 saturated carbocycles. The maximum atomic E-state index is 13.5. The highest BCUT2D eigenvalue weighted by atomic mass is 19.2. The minimum absolute atomic E-state index is 0.0525. The molecule has 2 aromatic rings. The SMILES string of the molecule is COc1ccc(CC(=O)N2C[C@H](O)C[C@H]2c2ccc(F)c(F)c2)nc1. The number of hydrogen-bond acceptors (Lipinski definition) is 4. The van der Waals surface area contributed by atoms with E-state index in [9.17, 15) is 18.7 Å². The number of ether oxygens (including phenoxy) is 1. The average Bonchev–Trinajstić information content (AvgIpc) is 3.00. The molecular formula is C18H18F2N2O3. The molecule has 1 fully saturated rings. The lowest BCUT2D eigenvalue weighted by atomic mass is 10.0. The summed E-state index contributed by atoms with van der Waals surface area (Å²) in [7, 11) is 1.53. The van der Waals surface area contributed by atoms with Crippen LogP contribution in [0.15, 0.2) is 36.5 Å². The van der Waals surface area contributed by atoms with Crippen LogP contribution in [0.25, 0.3) is 0 Å². The molecule has 3 rings (SSSR count). The van der Waals surface area contributed by atoms with Crippen LogP contribution in [0.1, 0.15) is 23.7 Å². The molecular weight excluding hydrogens is 330 g/mol. The van der Waals surface area contributed by atoms with Gasteiger partial charge in [-0.2, -0.15) is 0 Å². The van der Waals surface area contributed by atoms with Crippen molar-refractivity contribution < 1.29 is 23.4 Å². The molecule has 7 heteroatoms. The molecule has 1 N–H and O–H groups in total. The predicted molar refractivity (Wildman–Crippen MR) is 85.9 cm³/mol. The Morgan fingerprint density at radius 2 is 2.12 bits per heavy atom. The number of rotatable bonds is 4. The van der Waals surface area contributed by atoms with Crippen LogP contribution >= 0.6 is 0 Å². The zero-order valence-corrected chi connectivity index (χ0v) is 13.7. The van der Waals surface area contributed by atoms with Gasteiger partial charge in [0.15, 0.2) is 11.6 Å². The number of benzene rings is 1. The summed E-state index contributed by atoms with van der Waals surface area (Å²) in [5.41, 5.74) is 1.03. The Hall–Kier alpha value is -2.54. The van der Waals surface area contributed by atoms with Gasteiger partial charge >= 0.3 is 0 Å². The van der Waals surface area contributed by atoms with Crippen molar-refractivity contribution in [2.75, 3.05) is 13.7 Å². The molecule has 1 aromatic carbocycles. The highest BCUT2D eigenvalue weighted by Gasteiger charge is 2.35. The van der Waals surface area contributed by atoms with Crippen molar-refractivity contribution in [1.29, 1.82) is 0 Å². The molecule has 2 atom stereocenters. The summed E-state index contributed by atoms with van der Waals surface area (Å²) in [4.78, 5) is 18.3. The van der Waals surface area contributed by atoms with Crippen molar-refractivity contribution in [2.45, 2.75) is 25.0 Å². The first kappa shape index (κ1) is 17.3. The Morgan fingerprint density at radius 3 is 2.76 bits per heavy atom. The van der Waals surface area contributed by atoms with E-state index < -0.39 is 23.8 Å². The summed E-state index contributed by atoms with van der Waals surface area (Å²) in [5, 5.41) is 9.94. The van der Waals surface area contributed by atoms with Crippen LogP contribution in [0.2, 0.25) is 0 Å². The molecule has 25 heavy (non-hydrogen) atoms. The van der Waals surface area contributed by atoms with Crippen molar-refractivity contribution >= 4 is 5.91 Å². The topological polar surface area (TPSA) is 62.7 Å². The molecule has 132 valence electrons. The lowest BCUT2D eigenvalue weighted by Gasteiger charge is -2.25. The quantitative estimate of drug-likeness (QED) is 0.921. The molecule has 5 nitrogen and oxygen atoms in total. The fourth-order valence-corrected chi connectivity index (χ4v) is 3.02. The second kappa shape index (κ2) is 7.14. The number of aliphatic hydroxyl groups excluding tert-OH is 1. The first-order chi connectivity index (χ1) is 12.0. The van der Waals surface area contributed by atoms with E-state index in [2.05, 4.69) is 4.98 Å². The van der Waals surface area contributed by atoms with Crippen LogP contribution in [0.5, 0.6) is 5.75 Å². The third-order valence-electron chi connectivity index (χ3n) is 4.29. The number of nitrogens with zero attached hydrogens (tertiary/aromatic N) is 2. The predicted octanol–water partition coefficient (Wildman–Crippen LogP) is 2.25. The Morgan fingerprint density at radius 1 is 1.32 bits per heavy atom. The Kier molecular flexibility index (Phi) is 4.94. The van der Waals surface area contributed by atoms with E-state index in [1.807, 2.05) is 0 Å². The average molecular weight is 348 g/mol. The van der Waals surface area contributed by atoms with Crippen LogP contribution in [0.3, 0.4) is 0 Å². The lowest BCUT2D eigenvalue weighted by molar-refractivity contribution is -0.131. The van der Waals surface area contributed by atoms with E-state index >= 15 is 0 Å². The number of methoxy groups -OCH3 is 1. The Bertz CT molecular complexity index is 767. The van der Waals surface area contributed by atoms with Gasteiger partial charge in [0.25, 0.3) is 0 Å². The second-order valence-electron chi connectivity index (χ2n) is 5.99. The number of hydrogen-bond donors (Lipinski definition) is 1. The Balaban J connectivity index is 1.78. The van der Waals surface area contributed by atoms with Crippen LogP contribution in [0, 0.1) is 11.6 Å². The number of carbonyl (C=O) groups is 1.